The summed E-state index contributed by atoms with van der Waals surface area (Å²) in [6, 6.07) is 16.0. The lowest BCUT2D eigenvalue weighted by Crippen LogP contribution is -2.30. The van der Waals surface area contributed by atoms with E-state index in [0.717, 1.165) is 11.1 Å². The van der Waals surface area contributed by atoms with Crippen LogP contribution in [-0.4, -0.2) is 17.0 Å². The van der Waals surface area contributed by atoms with Gasteiger partial charge in [0.05, 0.1) is 0 Å². The first-order valence-electron chi connectivity index (χ1n) is 5.74. The normalized spacial score (nSPS) is 11.3. The summed E-state index contributed by atoms with van der Waals surface area (Å²) in [5.41, 5.74) is 2.19. The van der Waals surface area contributed by atoms with Gasteiger partial charge in [-0.3, -0.25) is 0 Å². The lowest BCUT2D eigenvalue weighted by atomic mass is 10.0. The third-order valence-corrected chi connectivity index (χ3v) is 2.80. The molecule has 0 aliphatic heterocycles. The Labute approximate surface area is 109 Å². The second kappa shape index (κ2) is 5.18. The van der Waals surface area contributed by atoms with Gasteiger partial charge in [0, 0.05) is 6.42 Å². The third kappa shape index (κ3) is 3.16. The Balaban J connectivity index is 2.18. The number of benzene rings is 2. The van der Waals surface area contributed by atoms with Gasteiger partial charge in [-0.15, -0.1) is 0 Å². The minimum atomic E-state index is -3.73. The van der Waals surface area contributed by atoms with Crippen molar-refractivity contribution in [3.8, 4) is 11.1 Å². The van der Waals surface area contributed by atoms with E-state index in [4.69, 9.17) is 5.11 Å². The Morgan fingerprint density at radius 1 is 0.947 bits per heavy atom. The predicted molar refractivity (Wildman–Crippen MR) is 68.2 cm³/mol. The number of hydrogen-bond acceptors (Lipinski definition) is 1. The van der Waals surface area contributed by atoms with Crippen LogP contribution in [0.3, 0.4) is 0 Å². The summed E-state index contributed by atoms with van der Waals surface area (Å²) in [7, 11) is 0. The van der Waals surface area contributed by atoms with E-state index in [1.165, 1.54) is 12.1 Å². The van der Waals surface area contributed by atoms with Crippen LogP contribution in [0.1, 0.15) is 5.56 Å². The molecule has 4 heteroatoms. The van der Waals surface area contributed by atoms with Crippen LogP contribution in [0.25, 0.3) is 11.1 Å². The molecule has 2 aromatic rings. The first kappa shape index (κ1) is 13.2. The fourth-order valence-corrected chi connectivity index (χ4v) is 1.78. The summed E-state index contributed by atoms with van der Waals surface area (Å²) in [5.74, 6) is -5.83. The molecule has 0 saturated heterocycles. The van der Waals surface area contributed by atoms with Crippen molar-refractivity contribution in [1.82, 2.24) is 0 Å². The summed E-state index contributed by atoms with van der Waals surface area (Å²) in [4.78, 5) is 10.4. The largest absolute Gasteiger partial charge is 0.477 e. The third-order valence-electron chi connectivity index (χ3n) is 2.80. The van der Waals surface area contributed by atoms with Crippen molar-refractivity contribution in [1.29, 1.82) is 0 Å². The Hall–Kier alpha value is -2.23. The molecular weight excluding hydrogens is 250 g/mol. The van der Waals surface area contributed by atoms with Crippen molar-refractivity contribution in [2.24, 2.45) is 0 Å². The van der Waals surface area contributed by atoms with E-state index in [0.29, 0.717) is 5.56 Å². The molecule has 0 radical (unpaired) electrons. The van der Waals surface area contributed by atoms with Crippen LogP contribution in [0, 0.1) is 0 Å². The van der Waals surface area contributed by atoms with Gasteiger partial charge in [-0.2, -0.15) is 8.78 Å². The highest BCUT2D eigenvalue weighted by atomic mass is 19.3. The van der Waals surface area contributed by atoms with Gasteiger partial charge in [-0.25, -0.2) is 4.79 Å². The average Bonchev–Trinajstić information content (AvgIpc) is 2.40. The maximum Gasteiger partial charge on any atom is 0.374 e. The number of alkyl halides is 2. The zero-order valence-corrected chi connectivity index (χ0v) is 10.0. The van der Waals surface area contributed by atoms with E-state index in [1.54, 1.807) is 12.1 Å². The molecule has 0 amide bonds. The standard InChI is InChI=1S/C15H12F2O2/c16-15(17,14(18)19)10-11-6-8-13(9-7-11)12-4-2-1-3-5-12/h1-9H,10H2,(H,18,19). The number of rotatable bonds is 4. The highest BCUT2D eigenvalue weighted by molar-refractivity contribution is 5.75. The summed E-state index contributed by atoms with van der Waals surface area (Å²) >= 11 is 0. The molecule has 2 rings (SSSR count). The molecule has 2 aromatic carbocycles. The van der Waals surface area contributed by atoms with Crippen LogP contribution in [-0.2, 0) is 11.2 Å². The SMILES string of the molecule is O=C(O)C(F)(F)Cc1ccc(-c2ccccc2)cc1. The van der Waals surface area contributed by atoms with Gasteiger partial charge in [0.25, 0.3) is 0 Å². The molecule has 2 nitrogen and oxygen atoms in total. The van der Waals surface area contributed by atoms with Gasteiger partial charge in [0.2, 0.25) is 0 Å². The summed E-state index contributed by atoms with van der Waals surface area (Å²) < 4.78 is 26.1. The van der Waals surface area contributed by atoms with Crippen LogP contribution >= 0.6 is 0 Å². The zero-order valence-electron chi connectivity index (χ0n) is 10.0. The van der Waals surface area contributed by atoms with Gasteiger partial charge < -0.3 is 5.11 Å². The van der Waals surface area contributed by atoms with Crippen molar-refractivity contribution < 1.29 is 18.7 Å². The monoisotopic (exact) mass is 262 g/mol. The molecule has 19 heavy (non-hydrogen) atoms. The van der Waals surface area contributed by atoms with Crippen molar-refractivity contribution in [2.75, 3.05) is 0 Å². The minimum Gasteiger partial charge on any atom is -0.477 e. The van der Waals surface area contributed by atoms with Gasteiger partial charge in [0.1, 0.15) is 0 Å². The van der Waals surface area contributed by atoms with Crippen LogP contribution in [0.5, 0.6) is 0 Å². The molecule has 0 fully saturated rings. The van der Waals surface area contributed by atoms with E-state index in [9.17, 15) is 13.6 Å². The van der Waals surface area contributed by atoms with Crippen molar-refractivity contribution in [3.63, 3.8) is 0 Å². The Bertz CT molecular complexity index is 562. The first-order valence-corrected chi connectivity index (χ1v) is 5.74. The second-order valence-corrected chi connectivity index (χ2v) is 4.25. The minimum absolute atomic E-state index is 0.298. The summed E-state index contributed by atoms with van der Waals surface area (Å²) in [6.07, 6.45) is -0.794. The predicted octanol–water partition coefficient (Wildman–Crippen LogP) is 3.62. The topological polar surface area (TPSA) is 37.3 Å². The number of carbonyl (C=O) groups is 1. The van der Waals surface area contributed by atoms with E-state index >= 15 is 0 Å². The van der Waals surface area contributed by atoms with Crippen molar-refractivity contribution >= 4 is 5.97 Å². The molecular formula is C15H12F2O2. The van der Waals surface area contributed by atoms with Crippen molar-refractivity contribution in [3.05, 3.63) is 60.2 Å². The van der Waals surface area contributed by atoms with Crippen LogP contribution in [0.15, 0.2) is 54.6 Å². The van der Waals surface area contributed by atoms with Crippen LogP contribution < -0.4 is 0 Å². The average molecular weight is 262 g/mol. The fraction of sp³-hybridized carbons (Fsp3) is 0.133. The molecule has 0 bridgehead atoms. The van der Waals surface area contributed by atoms with Crippen LogP contribution in [0.2, 0.25) is 0 Å². The number of carboxylic acid groups (broad SMARTS) is 1. The van der Waals surface area contributed by atoms with E-state index in [2.05, 4.69) is 0 Å². The number of hydrogen-bond donors (Lipinski definition) is 1. The Morgan fingerprint density at radius 2 is 1.47 bits per heavy atom. The van der Waals surface area contributed by atoms with Gasteiger partial charge in [-0.1, -0.05) is 54.6 Å². The Kier molecular flexibility index (Phi) is 3.60. The molecule has 0 spiro atoms. The fourth-order valence-electron chi connectivity index (χ4n) is 1.78. The molecule has 0 aromatic heterocycles. The van der Waals surface area contributed by atoms with Crippen molar-refractivity contribution in [2.45, 2.75) is 12.3 Å². The van der Waals surface area contributed by atoms with Gasteiger partial charge >= 0.3 is 11.9 Å². The molecule has 0 aliphatic rings. The highest BCUT2D eigenvalue weighted by Gasteiger charge is 2.38. The molecule has 0 heterocycles. The smallest absolute Gasteiger partial charge is 0.374 e. The van der Waals surface area contributed by atoms with E-state index in [-0.39, 0.29) is 0 Å². The molecule has 0 saturated carbocycles. The quantitative estimate of drug-likeness (QED) is 0.913. The maximum absolute atomic E-state index is 13.1. The molecule has 98 valence electrons. The zero-order chi connectivity index (χ0) is 13.9. The number of aliphatic carboxylic acids is 1. The van der Waals surface area contributed by atoms with E-state index in [1.807, 2.05) is 30.3 Å². The summed E-state index contributed by atoms with van der Waals surface area (Å²) in [6.45, 7) is 0. The molecule has 0 atom stereocenters. The molecule has 1 N–H and O–H groups in total. The number of carboxylic acids is 1. The van der Waals surface area contributed by atoms with E-state index < -0.39 is 18.3 Å². The lowest BCUT2D eigenvalue weighted by molar-refractivity contribution is -0.164. The Morgan fingerprint density at radius 3 is 2.00 bits per heavy atom. The lowest BCUT2D eigenvalue weighted by Gasteiger charge is -2.11. The van der Waals surface area contributed by atoms with Crippen LogP contribution in [0.4, 0.5) is 8.78 Å². The van der Waals surface area contributed by atoms with Gasteiger partial charge in [0.15, 0.2) is 0 Å². The second-order valence-electron chi connectivity index (χ2n) is 4.25. The van der Waals surface area contributed by atoms with Gasteiger partial charge in [-0.05, 0) is 16.7 Å². The first-order chi connectivity index (χ1) is 8.99. The number of halogens is 2. The molecule has 0 unspecified atom stereocenters. The maximum atomic E-state index is 13.1. The molecule has 0 aliphatic carbocycles. The highest BCUT2D eigenvalue weighted by Crippen LogP contribution is 2.23. The summed E-state index contributed by atoms with van der Waals surface area (Å²) in [5, 5.41) is 8.39.